The lowest BCUT2D eigenvalue weighted by Crippen LogP contribution is -2.50. The average molecular weight is 407 g/mol. The summed E-state index contributed by atoms with van der Waals surface area (Å²) in [6.45, 7) is 6.04. The van der Waals surface area contributed by atoms with E-state index in [4.69, 9.17) is 4.52 Å². The molecule has 0 radical (unpaired) electrons. The number of carbonyl (C=O) groups is 1. The lowest BCUT2D eigenvalue weighted by atomic mass is 9.79. The maximum absolute atomic E-state index is 12.5. The van der Waals surface area contributed by atoms with E-state index in [1.165, 1.54) is 0 Å². The second-order valence-corrected chi connectivity index (χ2v) is 7.68. The van der Waals surface area contributed by atoms with Crippen molar-refractivity contribution in [3.8, 4) is 0 Å². The van der Waals surface area contributed by atoms with Gasteiger partial charge in [0.15, 0.2) is 0 Å². The van der Waals surface area contributed by atoms with Crippen LogP contribution >= 0.6 is 12.4 Å². The molecule has 2 N–H and O–H groups in total. The predicted molar refractivity (Wildman–Crippen MR) is 108 cm³/mol. The van der Waals surface area contributed by atoms with Gasteiger partial charge in [-0.05, 0) is 38.7 Å². The molecule has 2 aromatic rings. The van der Waals surface area contributed by atoms with Crippen molar-refractivity contribution in [1.82, 2.24) is 20.4 Å². The Morgan fingerprint density at radius 3 is 2.93 bits per heavy atom. The summed E-state index contributed by atoms with van der Waals surface area (Å²) in [5.41, 5.74) is 2.95. The van der Waals surface area contributed by atoms with E-state index in [9.17, 15) is 9.59 Å². The Kier molecular flexibility index (Phi) is 6.25. The first-order valence-corrected chi connectivity index (χ1v) is 9.65. The molecule has 4 heterocycles. The number of rotatable bonds is 5. The SMILES string of the molecule is Cc1noc(C)c1CCC(=O)NC[C@H]1[C@@H]2CNC[C@@H](C2)c2cccc(=O)n21.Cl. The third-order valence-electron chi connectivity index (χ3n) is 5.99. The summed E-state index contributed by atoms with van der Waals surface area (Å²) in [6.07, 6.45) is 2.06. The number of halogens is 1. The number of aromatic nitrogens is 2. The molecule has 7 nitrogen and oxygen atoms in total. The van der Waals surface area contributed by atoms with Crippen molar-refractivity contribution in [2.45, 2.75) is 45.1 Å². The lowest BCUT2D eigenvalue weighted by molar-refractivity contribution is -0.121. The van der Waals surface area contributed by atoms with Crippen molar-refractivity contribution in [1.29, 1.82) is 0 Å². The number of hydrogen-bond donors (Lipinski definition) is 2. The zero-order chi connectivity index (χ0) is 19.0. The van der Waals surface area contributed by atoms with Gasteiger partial charge in [0.25, 0.3) is 5.56 Å². The number of nitrogens with one attached hydrogen (secondary N) is 2. The van der Waals surface area contributed by atoms with E-state index < -0.39 is 0 Å². The number of hydrogen-bond acceptors (Lipinski definition) is 5. The van der Waals surface area contributed by atoms with Gasteiger partial charge in [-0.15, -0.1) is 12.4 Å². The van der Waals surface area contributed by atoms with Crippen molar-refractivity contribution >= 4 is 18.3 Å². The van der Waals surface area contributed by atoms with Crippen LogP contribution in [0.2, 0.25) is 0 Å². The van der Waals surface area contributed by atoms with E-state index in [2.05, 4.69) is 15.8 Å². The highest BCUT2D eigenvalue weighted by Crippen LogP contribution is 2.38. The first-order valence-electron chi connectivity index (χ1n) is 9.65. The number of piperidine rings is 1. The van der Waals surface area contributed by atoms with Crippen molar-refractivity contribution < 1.29 is 9.32 Å². The zero-order valence-electron chi connectivity index (χ0n) is 16.2. The monoisotopic (exact) mass is 406 g/mol. The molecule has 4 rings (SSSR count). The van der Waals surface area contributed by atoms with Crippen LogP contribution in [0.1, 0.15) is 47.5 Å². The maximum Gasteiger partial charge on any atom is 0.251 e. The number of pyridine rings is 1. The van der Waals surface area contributed by atoms with Gasteiger partial charge in [0.1, 0.15) is 5.76 Å². The van der Waals surface area contributed by atoms with E-state index in [0.29, 0.717) is 31.2 Å². The summed E-state index contributed by atoms with van der Waals surface area (Å²) in [4.78, 5) is 24.9. The Bertz CT molecular complexity index is 888. The molecule has 0 aromatic carbocycles. The Morgan fingerprint density at radius 2 is 2.18 bits per heavy atom. The fourth-order valence-corrected chi connectivity index (χ4v) is 4.57. The minimum Gasteiger partial charge on any atom is -0.361 e. The molecule has 0 spiro atoms. The predicted octanol–water partition coefficient (Wildman–Crippen LogP) is 1.87. The molecule has 2 bridgehead atoms. The van der Waals surface area contributed by atoms with E-state index >= 15 is 0 Å². The van der Waals surface area contributed by atoms with Gasteiger partial charge in [0, 0.05) is 49.3 Å². The molecule has 1 amide bonds. The first-order chi connectivity index (χ1) is 13.0. The lowest BCUT2D eigenvalue weighted by Gasteiger charge is -2.43. The summed E-state index contributed by atoms with van der Waals surface area (Å²) in [6, 6.07) is 5.49. The van der Waals surface area contributed by atoms with Crippen LogP contribution in [-0.4, -0.2) is 35.3 Å². The van der Waals surface area contributed by atoms with Crippen LogP contribution in [0.25, 0.3) is 0 Å². The summed E-state index contributed by atoms with van der Waals surface area (Å²) >= 11 is 0. The molecular formula is C20H27ClN4O3. The van der Waals surface area contributed by atoms with Crippen molar-refractivity contribution in [2.75, 3.05) is 19.6 Å². The van der Waals surface area contributed by atoms with Gasteiger partial charge in [0.05, 0.1) is 11.7 Å². The molecule has 3 atom stereocenters. The van der Waals surface area contributed by atoms with E-state index in [1.54, 1.807) is 6.07 Å². The maximum atomic E-state index is 12.5. The Labute approximate surface area is 170 Å². The van der Waals surface area contributed by atoms with Crippen LogP contribution in [0, 0.1) is 19.8 Å². The third kappa shape index (κ3) is 3.86. The molecule has 152 valence electrons. The van der Waals surface area contributed by atoms with Crippen molar-refractivity contribution in [3.05, 3.63) is 51.3 Å². The van der Waals surface area contributed by atoms with Gasteiger partial charge in [-0.1, -0.05) is 11.2 Å². The molecule has 0 unspecified atom stereocenters. The van der Waals surface area contributed by atoms with Crippen LogP contribution in [0.5, 0.6) is 0 Å². The number of amides is 1. The van der Waals surface area contributed by atoms with Crippen molar-refractivity contribution in [3.63, 3.8) is 0 Å². The second-order valence-electron chi connectivity index (χ2n) is 7.68. The quantitative estimate of drug-likeness (QED) is 0.791. The summed E-state index contributed by atoms with van der Waals surface area (Å²) in [5.74, 6) is 1.50. The molecule has 2 aromatic heterocycles. The third-order valence-corrected chi connectivity index (χ3v) is 5.99. The van der Waals surface area contributed by atoms with Gasteiger partial charge in [-0.2, -0.15) is 0 Å². The average Bonchev–Trinajstić information content (AvgIpc) is 2.98. The molecule has 1 fully saturated rings. The first kappa shape index (κ1) is 20.6. The Balaban J connectivity index is 0.00000225. The second kappa shape index (κ2) is 8.49. The fraction of sp³-hybridized carbons (Fsp3) is 0.550. The highest BCUT2D eigenvalue weighted by atomic mass is 35.5. The van der Waals surface area contributed by atoms with Gasteiger partial charge >= 0.3 is 0 Å². The molecule has 8 heteroatoms. The molecule has 2 aliphatic heterocycles. The highest BCUT2D eigenvalue weighted by Gasteiger charge is 2.37. The zero-order valence-corrected chi connectivity index (χ0v) is 17.1. The Hall–Kier alpha value is -2.12. The van der Waals surface area contributed by atoms with E-state index in [0.717, 1.165) is 42.2 Å². The molecule has 1 saturated heterocycles. The van der Waals surface area contributed by atoms with Crippen LogP contribution < -0.4 is 16.2 Å². The minimum absolute atomic E-state index is 0. The highest BCUT2D eigenvalue weighted by molar-refractivity contribution is 5.85. The Morgan fingerprint density at radius 1 is 1.36 bits per heavy atom. The number of fused-ring (bicyclic) bond motifs is 4. The van der Waals surface area contributed by atoms with E-state index in [1.807, 2.05) is 30.5 Å². The minimum atomic E-state index is -0.00794. The molecule has 0 aliphatic carbocycles. The van der Waals surface area contributed by atoms with Gasteiger partial charge < -0.3 is 19.7 Å². The topological polar surface area (TPSA) is 89.2 Å². The van der Waals surface area contributed by atoms with Gasteiger partial charge in [0.2, 0.25) is 5.91 Å². The van der Waals surface area contributed by atoms with Gasteiger partial charge in [-0.3, -0.25) is 9.59 Å². The standard InChI is InChI=1S/C20H26N4O3.ClH/c1-12-16(13(2)27-23-12)6-7-19(25)22-11-18-15-8-14(9-21-10-15)17-4-3-5-20(26)24(17)18;/h3-5,14-15,18,21H,6-11H2,1-2H3,(H,22,25);1H/t14-,15+,18+;/m1./s1. The van der Waals surface area contributed by atoms with Gasteiger partial charge in [-0.25, -0.2) is 0 Å². The molecule has 28 heavy (non-hydrogen) atoms. The number of nitrogens with zero attached hydrogens (tertiary/aromatic N) is 2. The van der Waals surface area contributed by atoms with Crippen molar-refractivity contribution in [2.24, 2.45) is 5.92 Å². The molecule has 2 aliphatic rings. The summed E-state index contributed by atoms with van der Waals surface area (Å²) in [7, 11) is 0. The number of carbonyl (C=O) groups excluding carboxylic acids is 1. The largest absolute Gasteiger partial charge is 0.361 e. The smallest absolute Gasteiger partial charge is 0.251 e. The van der Waals surface area contributed by atoms with Crippen LogP contribution in [-0.2, 0) is 11.2 Å². The van der Waals surface area contributed by atoms with E-state index in [-0.39, 0.29) is 29.9 Å². The van der Waals surface area contributed by atoms with Crippen LogP contribution in [0.4, 0.5) is 0 Å². The fourth-order valence-electron chi connectivity index (χ4n) is 4.57. The normalized spacial score (nSPS) is 22.9. The van der Waals surface area contributed by atoms with Crippen LogP contribution in [0.3, 0.4) is 0 Å². The molecular weight excluding hydrogens is 380 g/mol. The summed E-state index contributed by atoms with van der Waals surface area (Å²) in [5, 5.41) is 10.5. The number of aryl methyl sites for hydroxylation is 2. The summed E-state index contributed by atoms with van der Waals surface area (Å²) < 4.78 is 7.06. The van der Waals surface area contributed by atoms with Crippen LogP contribution in [0.15, 0.2) is 27.5 Å². The molecule has 0 saturated carbocycles.